The smallest absolute Gasteiger partial charge is 0.123 e. The summed E-state index contributed by atoms with van der Waals surface area (Å²) in [5, 5.41) is 4.26. The van der Waals surface area contributed by atoms with E-state index in [-0.39, 0.29) is 11.2 Å². The highest BCUT2D eigenvalue weighted by molar-refractivity contribution is 6.08. The van der Waals surface area contributed by atoms with Crippen LogP contribution in [0.3, 0.4) is 0 Å². The number of benzene rings is 3. The number of nitrogens with zero attached hydrogens (tertiary/aromatic N) is 1. The zero-order valence-corrected chi connectivity index (χ0v) is 15.4. The lowest BCUT2D eigenvalue weighted by atomic mass is 9.82. The molecule has 0 unspecified atom stereocenters. The molecule has 0 N–H and O–H groups in total. The summed E-state index contributed by atoms with van der Waals surface area (Å²) < 4.78 is 13.6. The number of pyridine rings is 1. The Labute approximate surface area is 153 Å². The van der Waals surface area contributed by atoms with Crippen LogP contribution in [0.15, 0.2) is 66.9 Å². The van der Waals surface area contributed by atoms with Crippen LogP contribution in [0.1, 0.15) is 32.8 Å². The SMILES string of the molecule is CCC(C)(C)c1ccnc(-c2ccc3ccc4cc(F)ccc4c3c2)c1. The Morgan fingerprint density at radius 1 is 0.846 bits per heavy atom. The monoisotopic (exact) mass is 343 g/mol. The van der Waals surface area contributed by atoms with E-state index in [9.17, 15) is 4.39 Å². The number of rotatable bonds is 3. The van der Waals surface area contributed by atoms with Gasteiger partial charge in [-0.15, -0.1) is 0 Å². The second-order valence-electron chi connectivity index (χ2n) is 7.53. The van der Waals surface area contributed by atoms with Crippen LogP contribution in [0, 0.1) is 5.82 Å². The van der Waals surface area contributed by atoms with E-state index in [0.29, 0.717) is 0 Å². The predicted molar refractivity (Wildman–Crippen MR) is 108 cm³/mol. The Morgan fingerprint density at radius 3 is 2.42 bits per heavy atom. The van der Waals surface area contributed by atoms with Gasteiger partial charge in [0.05, 0.1) is 5.69 Å². The zero-order chi connectivity index (χ0) is 18.3. The number of hydrogen-bond acceptors (Lipinski definition) is 1. The molecule has 0 amide bonds. The minimum Gasteiger partial charge on any atom is -0.256 e. The summed E-state index contributed by atoms with van der Waals surface area (Å²) in [6, 6.07) is 19.7. The molecule has 130 valence electrons. The summed E-state index contributed by atoms with van der Waals surface area (Å²) >= 11 is 0. The van der Waals surface area contributed by atoms with Crippen molar-refractivity contribution in [1.82, 2.24) is 4.98 Å². The van der Waals surface area contributed by atoms with Crippen LogP contribution in [-0.2, 0) is 5.41 Å². The van der Waals surface area contributed by atoms with Crippen molar-refractivity contribution in [2.24, 2.45) is 0 Å². The van der Waals surface area contributed by atoms with Crippen LogP contribution in [-0.4, -0.2) is 4.98 Å². The van der Waals surface area contributed by atoms with Gasteiger partial charge in [-0.1, -0.05) is 51.1 Å². The Kier molecular flexibility index (Phi) is 3.99. The van der Waals surface area contributed by atoms with Gasteiger partial charge in [-0.05, 0) is 69.3 Å². The van der Waals surface area contributed by atoms with E-state index in [1.165, 1.54) is 11.6 Å². The molecular formula is C24H22FN. The molecule has 1 nitrogen and oxygen atoms in total. The van der Waals surface area contributed by atoms with Crippen LogP contribution in [0.2, 0.25) is 0 Å². The van der Waals surface area contributed by atoms with Crippen molar-refractivity contribution < 1.29 is 4.39 Å². The lowest BCUT2D eigenvalue weighted by Gasteiger charge is -2.23. The first kappa shape index (κ1) is 16.7. The molecule has 0 aliphatic rings. The van der Waals surface area contributed by atoms with Gasteiger partial charge in [0, 0.05) is 11.8 Å². The van der Waals surface area contributed by atoms with Crippen LogP contribution in [0.5, 0.6) is 0 Å². The fourth-order valence-corrected chi connectivity index (χ4v) is 3.40. The van der Waals surface area contributed by atoms with Crippen molar-refractivity contribution in [2.45, 2.75) is 32.6 Å². The maximum atomic E-state index is 13.6. The van der Waals surface area contributed by atoms with E-state index in [1.807, 2.05) is 24.4 Å². The van der Waals surface area contributed by atoms with Crippen LogP contribution < -0.4 is 0 Å². The molecule has 0 aliphatic carbocycles. The van der Waals surface area contributed by atoms with Crippen molar-refractivity contribution in [3.05, 3.63) is 78.2 Å². The van der Waals surface area contributed by atoms with Gasteiger partial charge in [0.2, 0.25) is 0 Å². The van der Waals surface area contributed by atoms with Gasteiger partial charge in [0.1, 0.15) is 5.82 Å². The molecule has 26 heavy (non-hydrogen) atoms. The second-order valence-corrected chi connectivity index (χ2v) is 7.53. The molecule has 0 spiro atoms. The lowest BCUT2D eigenvalue weighted by molar-refractivity contribution is 0.506. The minimum atomic E-state index is -0.204. The molecule has 0 radical (unpaired) electrons. The topological polar surface area (TPSA) is 12.9 Å². The summed E-state index contributed by atoms with van der Waals surface area (Å²) in [4.78, 5) is 4.60. The van der Waals surface area contributed by atoms with E-state index >= 15 is 0 Å². The third kappa shape index (κ3) is 2.86. The molecule has 0 atom stereocenters. The fourth-order valence-electron chi connectivity index (χ4n) is 3.40. The van der Waals surface area contributed by atoms with Gasteiger partial charge in [-0.3, -0.25) is 4.98 Å². The van der Waals surface area contributed by atoms with Crippen molar-refractivity contribution in [2.75, 3.05) is 0 Å². The van der Waals surface area contributed by atoms with Gasteiger partial charge >= 0.3 is 0 Å². The molecule has 1 heterocycles. The minimum absolute atomic E-state index is 0.124. The highest BCUT2D eigenvalue weighted by Gasteiger charge is 2.18. The largest absolute Gasteiger partial charge is 0.256 e. The molecule has 2 heteroatoms. The quantitative estimate of drug-likeness (QED) is 0.369. The molecule has 0 saturated heterocycles. The van der Waals surface area contributed by atoms with Crippen molar-refractivity contribution in [1.29, 1.82) is 0 Å². The first-order chi connectivity index (χ1) is 12.5. The van der Waals surface area contributed by atoms with Gasteiger partial charge < -0.3 is 0 Å². The molecule has 4 aromatic rings. The van der Waals surface area contributed by atoms with Crippen molar-refractivity contribution >= 4 is 21.5 Å². The molecule has 1 aromatic heterocycles. The van der Waals surface area contributed by atoms with E-state index in [1.54, 1.807) is 6.07 Å². The Hall–Kier alpha value is -2.74. The zero-order valence-electron chi connectivity index (χ0n) is 15.4. The summed E-state index contributed by atoms with van der Waals surface area (Å²) in [5.41, 5.74) is 3.48. The van der Waals surface area contributed by atoms with Crippen LogP contribution in [0.25, 0.3) is 32.8 Å². The standard InChI is InChI=1S/C24H22FN/c1-4-24(2,3)19-11-12-26-23(15-19)18-8-6-16-5-7-17-13-20(25)9-10-21(17)22(16)14-18/h5-15H,4H2,1-3H3. The van der Waals surface area contributed by atoms with E-state index in [2.05, 4.69) is 56.1 Å². The first-order valence-corrected chi connectivity index (χ1v) is 9.07. The molecule has 0 saturated carbocycles. The maximum Gasteiger partial charge on any atom is 0.123 e. The van der Waals surface area contributed by atoms with Gasteiger partial charge in [0.15, 0.2) is 0 Å². The number of hydrogen-bond donors (Lipinski definition) is 0. The number of halogens is 1. The molecule has 0 bridgehead atoms. The molecule has 0 aliphatic heterocycles. The summed E-state index contributed by atoms with van der Waals surface area (Å²) in [6.45, 7) is 6.73. The lowest BCUT2D eigenvalue weighted by Crippen LogP contribution is -2.15. The van der Waals surface area contributed by atoms with Gasteiger partial charge in [-0.25, -0.2) is 4.39 Å². The Bertz CT molecular complexity index is 1110. The van der Waals surface area contributed by atoms with Crippen molar-refractivity contribution in [3.63, 3.8) is 0 Å². The molecule has 4 rings (SSSR count). The normalized spacial score (nSPS) is 12.0. The van der Waals surface area contributed by atoms with Crippen molar-refractivity contribution in [3.8, 4) is 11.3 Å². The van der Waals surface area contributed by atoms with E-state index in [0.717, 1.165) is 39.2 Å². The molecule has 3 aromatic carbocycles. The molecule has 0 fully saturated rings. The third-order valence-corrected chi connectivity index (χ3v) is 5.52. The highest BCUT2D eigenvalue weighted by atomic mass is 19.1. The third-order valence-electron chi connectivity index (χ3n) is 5.52. The van der Waals surface area contributed by atoms with Crippen LogP contribution in [0.4, 0.5) is 4.39 Å². The number of aromatic nitrogens is 1. The maximum absolute atomic E-state index is 13.6. The second kappa shape index (κ2) is 6.21. The highest BCUT2D eigenvalue weighted by Crippen LogP contribution is 2.32. The van der Waals surface area contributed by atoms with E-state index in [4.69, 9.17) is 0 Å². The van der Waals surface area contributed by atoms with Gasteiger partial charge in [-0.2, -0.15) is 0 Å². The summed E-state index contributed by atoms with van der Waals surface area (Å²) in [7, 11) is 0. The van der Waals surface area contributed by atoms with Gasteiger partial charge in [0.25, 0.3) is 0 Å². The van der Waals surface area contributed by atoms with Crippen LogP contribution >= 0.6 is 0 Å². The Morgan fingerprint density at radius 2 is 1.62 bits per heavy atom. The average molecular weight is 343 g/mol. The van der Waals surface area contributed by atoms with E-state index < -0.39 is 0 Å². The summed E-state index contributed by atoms with van der Waals surface area (Å²) in [6.07, 6.45) is 2.97. The average Bonchev–Trinajstić information content (AvgIpc) is 2.67. The number of fused-ring (bicyclic) bond motifs is 3. The predicted octanol–water partition coefficient (Wildman–Crippen LogP) is 6.88. The Balaban J connectivity index is 1.90. The first-order valence-electron chi connectivity index (χ1n) is 9.07. The fraction of sp³-hybridized carbons (Fsp3) is 0.208. The molecular weight excluding hydrogens is 321 g/mol. The summed E-state index contributed by atoms with van der Waals surface area (Å²) in [5.74, 6) is -0.204.